The van der Waals surface area contributed by atoms with Crippen LogP contribution in [-0.4, -0.2) is 0 Å². The Hall–Kier alpha value is -0.170. The molecule has 0 N–H and O–H groups in total. The van der Waals surface area contributed by atoms with E-state index in [1.54, 1.807) is 0 Å². The Balaban J connectivity index is 2.16. The van der Waals surface area contributed by atoms with Gasteiger partial charge in [0.1, 0.15) is 0 Å². The third-order valence-electron chi connectivity index (χ3n) is 4.05. The van der Waals surface area contributed by atoms with Gasteiger partial charge in [0.05, 0.1) is 0 Å². The SMILES string of the molecule is CC(C)C1=C[C](C)([Hf][C]2(C)C=CC(C(C)C)=C2)C=C1. The molecule has 0 nitrogen and oxygen atoms in total. The van der Waals surface area contributed by atoms with Gasteiger partial charge in [0.15, 0.2) is 0 Å². The van der Waals surface area contributed by atoms with Crippen molar-refractivity contribution >= 4 is 0 Å². The molecule has 102 valence electrons. The third-order valence-corrected chi connectivity index (χ3v) is 10.2. The first kappa shape index (κ1) is 15.2. The minimum atomic E-state index is -0.862. The quantitative estimate of drug-likeness (QED) is 0.509. The van der Waals surface area contributed by atoms with Gasteiger partial charge in [-0.25, -0.2) is 0 Å². The Kier molecular flexibility index (Phi) is 4.26. The van der Waals surface area contributed by atoms with Crippen molar-refractivity contribution in [3.05, 3.63) is 47.6 Å². The van der Waals surface area contributed by atoms with Crippen molar-refractivity contribution in [1.29, 1.82) is 0 Å². The van der Waals surface area contributed by atoms with Crippen molar-refractivity contribution in [2.45, 2.75) is 47.9 Å². The van der Waals surface area contributed by atoms with Crippen LogP contribution in [0.25, 0.3) is 0 Å². The van der Waals surface area contributed by atoms with Gasteiger partial charge < -0.3 is 0 Å². The molecule has 19 heavy (non-hydrogen) atoms. The molecular weight excluding hydrogens is 395 g/mol. The molecule has 0 aromatic carbocycles. The summed E-state index contributed by atoms with van der Waals surface area (Å²) in [4.78, 5) is 0. The summed E-state index contributed by atoms with van der Waals surface area (Å²) in [6, 6.07) is 0. The van der Waals surface area contributed by atoms with E-state index in [2.05, 4.69) is 78.0 Å². The van der Waals surface area contributed by atoms with Crippen LogP contribution in [-0.2, 0) is 22.9 Å². The standard InChI is InChI=1S/2C9H13.Hf/c2*1-7(2)9-5-4-8(3)6-9;/h2*4-7H,1-3H3;. The molecular formula is C18H26Hf. The molecule has 0 saturated heterocycles. The summed E-state index contributed by atoms with van der Waals surface area (Å²) < 4.78 is 0.809. The Morgan fingerprint density at radius 3 is 1.42 bits per heavy atom. The van der Waals surface area contributed by atoms with E-state index >= 15 is 0 Å². The molecule has 2 rings (SSSR count). The molecule has 0 aliphatic heterocycles. The fourth-order valence-electron chi connectivity index (χ4n) is 2.88. The van der Waals surface area contributed by atoms with Crippen LogP contribution in [0.5, 0.6) is 0 Å². The van der Waals surface area contributed by atoms with E-state index in [0.717, 1.165) is 0 Å². The molecule has 0 aromatic heterocycles. The third kappa shape index (κ3) is 3.48. The summed E-state index contributed by atoms with van der Waals surface area (Å²) in [6.07, 6.45) is 14.8. The molecule has 0 bridgehead atoms. The van der Waals surface area contributed by atoms with Crippen molar-refractivity contribution < 1.29 is 22.9 Å². The van der Waals surface area contributed by atoms with Gasteiger partial charge >= 0.3 is 130 Å². The van der Waals surface area contributed by atoms with E-state index < -0.39 is 22.9 Å². The average Bonchev–Trinajstić information content (AvgIpc) is 2.83. The molecule has 0 aromatic rings. The fraction of sp³-hybridized carbons (Fsp3) is 0.556. The molecule has 2 unspecified atom stereocenters. The van der Waals surface area contributed by atoms with Gasteiger partial charge in [-0.1, -0.05) is 0 Å². The van der Waals surface area contributed by atoms with Crippen LogP contribution in [0.3, 0.4) is 0 Å². The summed E-state index contributed by atoms with van der Waals surface area (Å²) in [5.74, 6) is 1.32. The van der Waals surface area contributed by atoms with Crippen LogP contribution < -0.4 is 0 Å². The first-order valence-electron chi connectivity index (χ1n) is 7.36. The molecule has 2 aliphatic carbocycles. The van der Waals surface area contributed by atoms with Gasteiger partial charge in [-0.15, -0.1) is 0 Å². The molecule has 0 amide bonds. The minimum absolute atomic E-state index is 0.404. The van der Waals surface area contributed by atoms with Crippen LogP contribution in [0.4, 0.5) is 0 Å². The summed E-state index contributed by atoms with van der Waals surface area (Å²) in [5.41, 5.74) is 3.07. The second-order valence-electron chi connectivity index (χ2n) is 6.96. The van der Waals surface area contributed by atoms with E-state index in [1.807, 2.05) is 0 Å². The second kappa shape index (κ2) is 5.31. The van der Waals surface area contributed by atoms with Gasteiger partial charge in [0.25, 0.3) is 0 Å². The molecule has 0 heterocycles. The van der Waals surface area contributed by atoms with Crippen LogP contribution in [0.15, 0.2) is 47.6 Å². The van der Waals surface area contributed by atoms with Crippen molar-refractivity contribution in [2.75, 3.05) is 0 Å². The molecule has 0 saturated carbocycles. The Labute approximate surface area is 130 Å². The molecule has 0 fully saturated rings. The summed E-state index contributed by atoms with van der Waals surface area (Å²) in [7, 11) is 0. The predicted molar refractivity (Wildman–Crippen MR) is 80.9 cm³/mol. The van der Waals surface area contributed by atoms with Crippen molar-refractivity contribution in [3.63, 3.8) is 0 Å². The van der Waals surface area contributed by atoms with E-state index in [-0.39, 0.29) is 0 Å². The van der Waals surface area contributed by atoms with Crippen LogP contribution in [0, 0.1) is 11.8 Å². The Bertz CT molecular complexity index is 432. The monoisotopic (exact) mass is 422 g/mol. The first-order chi connectivity index (χ1) is 8.73. The summed E-state index contributed by atoms with van der Waals surface area (Å²) in [5, 5.41) is 0. The predicted octanol–water partition coefficient (Wildman–Crippen LogP) is 5.73. The van der Waals surface area contributed by atoms with E-state index in [4.69, 9.17) is 0 Å². The van der Waals surface area contributed by atoms with Gasteiger partial charge in [-0.3, -0.25) is 0 Å². The van der Waals surface area contributed by atoms with Gasteiger partial charge in [0.2, 0.25) is 0 Å². The van der Waals surface area contributed by atoms with E-state index in [9.17, 15) is 0 Å². The maximum atomic E-state index is 2.56. The van der Waals surface area contributed by atoms with Crippen LogP contribution in [0.2, 0.25) is 6.34 Å². The van der Waals surface area contributed by atoms with E-state index in [0.29, 0.717) is 18.2 Å². The normalized spacial score (nSPS) is 33.3. The maximum absolute atomic E-state index is 2.56. The fourth-order valence-corrected chi connectivity index (χ4v) is 9.96. The Morgan fingerprint density at radius 1 is 0.789 bits per heavy atom. The summed E-state index contributed by atoms with van der Waals surface area (Å²) in [6.45, 7) is 14.1. The topological polar surface area (TPSA) is 0 Å². The number of hydrogen-bond acceptors (Lipinski definition) is 0. The molecule has 2 atom stereocenters. The summed E-state index contributed by atoms with van der Waals surface area (Å²) >= 11 is -0.862. The van der Waals surface area contributed by atoms with Gasteiger partial charge in [-0.2, -0.15) is 0 Å². The van der Waals surface area contributed by atoms with E-state index in [1.165, 1.54) is 11.1 Å². The molecule has 1 heteroatoms. The molecule has 0 spiro atoms. The number of allylic oxidation sites excluding steroid dienone is 8. The van der Waals surface area contributed by atoms with Gasteiger partial charge in [0, 0.05) is 0 Å². The Morgan fingerprint density at radius 2 is 1.16 bits per heavy atom. The molecule has 0 radical (unpaired) electrons. The first-order valence-corrected chi connectivity index (χ1v) is 11.0. The second-order valence-corrected chi connectivity index (χ2v) is 15.6. The van der Waals surface area contributed by atoms with Crippen molar-refractivity contribution in [2.24, 2.45) is 11.8 Å². The average molecular weight is 421 g/mol. The van der Waals surface area contributed by atoms with Crippen molar-refractivity contribution in [3.8, 4) is 0 Å². The number of hydrogen-bond donors (Lipinski definition) is 0. The van der Waals surface area contributed by atoms with Crippen LogP contribution in [0.1, 0.15) is 41.5 Å². The zero-order valence-corrected chi connectivity index (χ0v) is 16.7. The van der Waals surface area contributed by atoms with Gasteiger partial charge in [-0.05, 0) is 0 Å². The zero-order valence-electron chi connectivity index (χ0n) is 13.1. The molecule has 2 aliphatic rings. The number of rotatable bonds is 4. The van der Waals surface area contributed by atoms with Crippen molar-refractivity contribution in [1.82, 2.24) is 0 Å². The van der Waals surface area contributed by atoms with Crippen LogP contribution >= 0.6 is 0 Å². The zero-order chi connectivity index (χ0) is 14.3.